The molecule has 19 heteroatoms. The van der Waals surface area contributed by atoms with Crippen LogP contribution in [-0.4, -0.2) is 193 Å². The van der Waals surface area contributed by atoms with Crippen LogP contribution in [0.5, 0.6) is 0 Å². The van der Waals surface area contributed by atoms with Crippen molar-refractivity contribution in [2.75, 3.05) is 26.4 Å². The first-order valence-electron chi connectivity index (χ1n) is 36.5. The van der Waals surface area contributed by atoms with E-state index < -0.39 is 124 Å². The Bertz CT molecular complexity index is 1900. The van der Waals surface area contributed by atoms with Crippen molar-refractivity contribution < 1.29 is 89.4 Å². The van der Waals surface area contributed by atoms with Crippen molar-refractivity contribution in [3.63, 3.8) is 0 Å². The molecule has 0 spiro atoms. The van der Waals surface area contributed by atoms with E-state index in [0.29, 0.717) is 12.8 Å². The molecule has 536 valence electrons. The van der Waals surface area contributed by atoms with Crippen LogP contribution in [0.15, 0.2) is 60.8 Å². The van der Waals surface area contributed by atoms with Crippen LogP contribution in [0.3, 0.4) is 0 Å². The number of hydrogen-bond acceptors (Lipinski definition) is 18. The quantitative estimate of drug-likeness (QED) is 0.0199. The average molecular weight is 1310 g/mol. The zero-order chi connectivity index (χ0) is 66.8. The van der Waals surface area contributed by atoms with Crippen LogP contribution in [-0.2, 0) is 33.2 Å². The van der Waals surface area contributed by atoms with E-state index in [1.54, 1.807) is 0 Å². The second-order valence-corrected chi connectivity index (χ2v) is 26.0. The number of carbonyl (C=O) groups excluding carboxylic acids is 1. The largest absolute Gasteiger partial charge is 0.394 e. The molecule has 0 bridgehead atoms. The zero-order valence-electron chi connectivity index (χ0n) is 56.8. The molecule has 3 saturated heterocycles. The van der Waals surface area contributed by atoms with Crippen molar-refractivity contribution in [1.29, 1.82) is 0 Å². The molecule has 3 aliphatic rings. The first-order chi connectivity index (χ1) is 44.8. The SMILES string of the molecule is CC/C=C\C/C=C\C/C=C\C/C=C\C/C=C\CCCCCCCCCCCCCCCCCCCCCCCCCCCC(=O)NC(COC1OC(CO)C(OC2OC(CO)C(OC3OC(CO)C(O)C(O)C3O)C(O)C2O)C(O)C1O)C(O)CCCCCCCC. The van der Waals surface area contributed by atoms with E-state index in [9.17, 15) is 61.0 Å². The van der Waals surface area contributed by atoms with Gasteiger partial charge in [-0.2, -0.15) is 0 Å². The first-order valence-corrected chi connectivity index (χ1v) is 36.5. The third-order valence-corrected chi connectivity index (χ3v) is 18.1. The monoisotopic (exact) mass is 1310 g/mol. The number of carbonyl (C=O) groups is 1. The Morgan fingerprint density at radius 3 is 1.17 bits per heavy atom. The average Bonchev–Trinajstić information content (AvgIpc) is 0.817. The van der Waals surface area contributed by atoms with Gasteiger partial charge in [-0.05, 0) is 57.8 Å². The third kappa shape index (κ3) is 35.7. The zero-order valence-corrected chi connectivity index (χ0v) is 56.8. The number of unbranched alkanes of at least 4 members (excludes halogenated alkanes) is 30. The van der Waals surface area contributed by atoms with E-state index in [-0.39, 0.29) is 18.9 Å². The van der Waals surface area contributed by atoms with Gasteiger partial charge in [-0.1, -0.05) is 261 Å². The number of amides is 1. The number of aliphatic hydroxyl groups excluding tert-OH is 11. The number of hydrogen-bond donors (Lipinski definition) is 12. The maximum atomic E-state index is 13.3. The second kappa shape index (κ2) is 54.5. The van der Waals surface area contributed by atoms with Crippen molar-refractivity contribution in [3.05, 3.63) is 60.8 Å². The summed E-state index contributed by atoms with van der Waals surface area (Å²) >= 11 is 0. The molecular weight excluding hydrogens is 1180 g/mol. The van der Waals surface area contributed by atoms with Gasteiger partial charge >= 0.3 is 0 Å². The van der Waals surface area contributed by atoms with Crippen LogP contribution >= 0.6 is 0 Å². The van der Waals surface area contributed by atoms with Gasteiger partial charge in [0.2, 0.25) is 5.91 Å². The summed E-state index contributed by atoms with van der Waals surface area (Å²) in [6, 6.07) is -0.882. The molecule has 3 heterocycles. The predicted molar refractivity (Wildman–Crippen MR) is 360 cm³/mol. The minimum atomic E-state index is -1.97. The molecule has 3 aliphatic heterocycles. The van der Waals surface area contributed by atoms with E-state index in [2.05, 4.69) is 79.9 Å². The molecule has 0 aliphatic carbocycles. The molecule has 0 aromatic rings. The van der Waals surface area contributed by atoms with Crippen LogP contribution in [0.2, 0.25) is 0 Å². The fourth-order valence-electron chi connectivity index (χ4n) is 12.2. The highest BCUT2D eigenvalue weighted by atomic mass is 16.8. The number of allylic oxidation sites excluding steroid dienone is 10. The van der Waals surface area contributed by atoms with E-state index in [1.807, 2.05) is 0 Å². The van der Waals surface area contributed by atoms with Crippen LogP contribution in [0.4, 0.5) is 0 Å². The Balaban J connectivity index is 1.21. The summed E-state index contributed by atoms with van der Waals surface area (Å²) in [5.74, 6) is -0.245. The van der Waals surface area contributed by atoms with Gasteiger partial charge in [-0.3, -0.25) is 4.79 Å². The van der Waals surface area contributed by atoms with E-state index in [1.165, 1.54) is 141 Å². The molecule has 17 unspecified atom stereocenters. The Kier molecular flexibility index (Phi) is 49.6. The van der Waals surface area contributed by atoms with Gasteiger partial charge < -0.3 is 89.9 Å². The first kappa shape index (κ1) is 83.7. The lowest BCUT2D eigenvalue weighted by molar-refractivity contribution is -0.379. The van der Waals surface area contributed by atoms with Gasteiger partial charge in [-0.25, -0.2) is 0 Å². The molecule has 12 N–H and O–H groups in total. The van der Waals surface area contributed by atoms with Gasteiger partial charge in [-0.15, -0.1) is 0 Å². The van der Waals surface area contributed by atoms with Crippen LogP contribution < -0.4 is 5.32 Å². The van der Waals surface area contributed by atoms with Gasteiger partial charge in [0, 0.05) is 6.42 Å². The summed E-state index contributed by atoms with van der Waals surface area (Å²) < 4.78 is 34.2. The van der Waals surface area contributed by atoms with Gasteiger partial charge in [0.25, 0.3) is 0 Å². The molecule has 1 amide bonds. The van der Waals surface area contributed by atoms with Crippen molar-refractivity contribution in [3.8, 4) is 0 Å². The number of nitrogens with one attached hydrogen (secondary N) is 1. The molecule has 0 aromatic carbocycles. The molecule has 17 atom stereocenters. The maximum absolute atomic E-state index is 13.3. The summed E-state index contributed by atoms with van der Waals surface area (Å²) in [7, 11) is 0. The lowest BCUT2D eigenvalue weighted by Gasteiger charge is -2.48. The number of ether oxygens (including phenoxy) is 6. The van der Waals surface area contributed by atoms with Crippen molar-refractivity contribution in [2.45, 2.75) is 369 Å². The molecule has 3 fully saturated rings. The normalized spacial score (nSPS) is 28.0. The van der Waals surface area contributed by atoms with E-state index >= 15 is 0 Å². The van der Waals surface area contributed by atoms with Gasteiger partial charge in [0.1, 0.15) is 73.2 Å². The molecule has 92 heavy (non-hydrogen) atoms. The topological polar surface area (TPSA) is 307 Å². The van der Waals surface area contributed by atoms with Gasteiger partial charge in [0.15, 0.2) is 18.9 Å². The molecule has 0 radical (unpaired) electrons. The summed E-state index contributed by atoms with van der Waals surface area (Å²) in [4.78, 5) is 13.3. The van der Waals surface area contributed by atoms with Crippen LogP contribution in [0, 0.1) is 0 Å². The highest BCUT2D eigenvalue weighted by Crippen LogP contribution is 2.33. The van der Waals surface area contributed by atoms with Crippen LogP contribution in [0.1, 0.15) is 264 Å². The minimum absolute atomic E-state index is 0.245. The van der Waals surface area contributed by atoms with Crippen LogP contribution in [0.25, 0.3) is 0 Å². The Morgan fingerprint density at radius 1 is 0.402 bits per heavy atom. The summed E-state index contributed by atoms with van der Waals surface area (Å²) in [6.07, 6.45) is 41.3. The minimum Gasteiger partial charge on any atom is -0.394 e. The van der Waals surface area contributed by atoms with Gasteiger partial charge in [0.05, 0.1) is 38.6 Å². The smallest absolute Gasteiger partial charge is 0.220 e. The summed E-state index contributed by atoms with van der Waals surface area (Å²) in [5, 5.41) is 120. The Morgan fingerprint density at radius 2 is 0.750 bits per heavy atom. The van der Waals surface area contributed by atoms with Crippen molar-refractivity contribution in [1.82, 2.24) is 5.32 Å². The fourth-order valence-corrected chi connectivity index (χ4v) is 12.2. The highest BCUT2D eigenvalue weighted by Gasteiger charge is 2.53. The van der Waals surface area contributed by atoms with E-state index in [4.69, 9.17) is 28.4 Å². The predicted octanol–water partition coefficient (Wildman–Crippen LogP) is 10.3. The molecule has 0 aromatic heterocycles. The lowest BCUT2D eigenvalue weighted by Crippen LogP contribution is -2.66. The standard InChI is InChI=1S/C73H131NO18/c1-3-5-7-9-11-12-13-14-15-16-17-18-19-20-21-22-23-24-25-26-27-28-29-30-31-32-33-34-35-36-37-38-39-40-41-42-43-44-45-47-49-51-61(79)74-56(57(78)50-48-46-10-8-6-4-2)55-87-71-67(85)64(82)69(59(53-76)89-71)92-73-68(86)65(83)70(60(54-77)90-73)91-72-66(84)63(81)62(80)58(52-75)88-72/h5,7,11-12,14-15,17-18,20-21,56-60,62-73,75-78,80-86H,3-4,6,8-10,13,16,19,22-55H2,1-2H3,(H,74,79)/b7-5-,12-11-,15-14-,18-17-,21-20-. The van der Waals surface area contributed by atoms with Crippen molar-refractivity contribution in [2.24, 2.45) is 0 Å². The molecule has 3 rings (SSSR count). The summed E-state index contributed by atoms with van der Waals surface area (Å²) in [6.45, 7) is 1.60. The van der Waals surface area contributed by atoms with E-state index in [0.717, 1.165) is 89.9 Å². The maximum Gasteiger partial charge on any atom is 0.220 e. The highest BCUT2D eigenvalue weighted by molar-refractivity contribution is 5.76. The second-order valence-electron chi connectivity index (χ2n) is 26.0. The Hall–Kier alpha value is -2.51. The fraction of sp³-hybridized carbons (Fsp3) is 0.849. The molecule has 0 saturated carbocycles. The summed E-state index contributed by atoms with van der Waals surface area (Å²) in [5.41, 5.74) is 0. The number of aliphatic hydroxyl groups is 11. The molecular formula is C73H131NO18. The Labute approximate surface area is 554 Å². The molecule has 19 nitrogen and oxygen atoms in total. The van der Waals surface area contributed by atoms with Crippen molar-refractivity contribution >= 4 is 5.91 Å². The lowest BCUT2D eigenvalue weighted by atomic mass is 9.96. The third-order valence-electron chi connectivity index (χ3n) is 18.1. The number of rotatable bonds is 56.